The molecule has 0 aliphatic heterocycles. The lowest BCUT2D eigenvalue weighted by Gasteiger charge is -2.14. The Hall–Kier alpha value is -1.49. The van der Waals surface area contributed by atoms with Crippen LogP contribution in [0.15, 0.2) is 39.7 Å². The van der Waals surface area contributed by atoms with E-state index in [1.54, 1.807) is 36.7 Å². The van der Waals surface area contributed by atoms with Gasteiger partial charge in [-0.15, -0.1) is 0 Å². The number of hydrogen-bond donors (Lipinski definition) is 1. The first-order valence-electron chi connectivity index (χ1n) is 4.77. The normalized spacial score (nSPS) is 10.4. The smallest absolute Gasteiger partial charge is 0.270 e. The lowest BCUT2D eigenvalue weighted by atomic mass is 10.3. The summed E-state index contributed by atoms with van der Waals surface area (Å²) in [5, 5.41) is 0. The van der Waals surface area contributed by atoms with Crippen molar-refractivity contribution in [3.05, 3.63) is 46.6 Å². The molecule has 16 heavy (non-hydrogen) atoms. The molecule has 0 saturated carbocycles. The van der Waals surface area contributed by atoms with Gasteiger partial charge >= 0.3 is 0 Å². The number of hydrogen-bond acceptors (Lipinski definition) is 2. The van der Waals surface area contributed by atoms with Crippen LogP contribution in [-0.2, 0) is 6.54 Å². The Morgan fingerprint density at radius 3 is 3.00 bits per heavy atom. The van der Waals surface area contributed by atoms with E-state index in [-0.39, 0.29) is 5.91 Å². The third-order valence-electron chi connectivity index (χ3n) is 2.22. The predicted molar refractivity (Wildman–Crippen MR) is 63.0 cm³/mol. The minimum Gasteiger partial charge on any atom is -0.472 e. The Labute approximate surface area is 101 Å². The van der Waals surface area contributed by atoms with Crippen LogP contribution in [0.2, 0.25) is 0 Å². The average molecular weight is 283 g/mol. The number of aromatic nitrogens is 1. The van der Waals surface area contributed by atoms with Crippen molar-refractivity contribution in [1.29, 1.82) is 0 Å². The van der Waals surface area contributed by atoms with Gasteiger partial charge in [0.1, 0.15) is 5.69 Å². The van der Waals surface area contributed by atoms with E-state index in [1.807, 2.05) is 6.07 Å². The molecular formula is C11H11BrN2O2. The predicted octanol–water partition coefficient (Wildman–Crippen LogP) is 2.64. The SMILES string of the molecule is CN(Cc1ccoc1)C(=O)c1cc(Br)c[nH]1. The van der Waals surface area contributed by atoms with Crippen molar-refractivity contribution in [2.24, 2.45) is 0 Å². The molecule has 0 aromatic carbocycles. The lowest BCUT2D eigenvalue weighted by Crippen LogP contribution is -2.26. The summed E-state index contributed by atoms with van der Waals surface area (Å²) in [5.74, 6) is -0.0492. The second kappa shape index (κ2) is 4.57. The fourth-order valence-electron chi connectivity index (χ4n) is 1.43. The van der Waals surface area contributed by atoms with E-state index in [4.69, 9.17) is 4.42 Å². The molecule has 0 radical (unpaired) electrons. The molecule has 5 heteroatoms. The summed E-state index contributed by atoms with van der Waals surface area (Å²) in [7, 11) is 1.75. The third-order valence-corrected chi connectivity index (χ3v) is 2.68. The van der Waals surface area contributed by atoms with Gasteiger partial charge in [0.15, 0.2) is 0 Å². The Kier molecular flexibility index (Phi) is 3.14. The molecule has 1 N–H and O–H groups in total. The molecule has 2 heterocycles. The summed E-state index contributed by atoms with van der Waals surface area (Å²) >= 11 is 3.29. The molecule has 0 spiro atoms. The summed E-state index contributed by atoms with van der Waals surface area (Å²) < 4.78 is 5.82. The van der Waals surface area contributed by atoms with E-state index in [0.29, 0.717) is 12.2 Å². The molecule has 84 valence electrons. The van der Waals surface area contributed by atoms with Gasteiger partial charge in [-0.3, -0.25) is 4.79 Å². The van der Waals surface area contributed by atoms with Gasteiger partial charge in [-0.25, -0.2) is 0 Å². The Bertz CT molecular complexity index is 476. The molecule has 0 bridgehead atoms. The molecule has 0 aliphatic rings. The number of H-pyrrole nitrogens is 1. The van der Waals surface area contributed by atoms with Crippen molar-refractivity contribution in [1.82, 2.24) is 9.88 Å². The maximum Gasteiger partial charge on any atom is 0.270 e. The van der Waals surface area contributed by atoms with Gasteiger partial charge in [-0.1, -0.05) is 0 Å². The first-order valence-corrected chi connectivity index (χ1v) is 5.56. The maximum absolute atomic E-state index is 11.9. The molecule has 0 atom stereocenters. The maximum atomic E-state index is 11.9. The minimum atomic E-state index is -0.0492. The van der Waals surface area contributed by atoms with E-state index in [1.165, 1.54) is 0 Å². The number of carbonyl (C=O) groups is 1. The van der Waals surface area contributed by atoms with E-state index >= 15 is 0 Å². The molecular weight excluding hydrogens is 272 g/mol. The van der Waals surface area contributed by atoms with Crippen molar-refractivity contribution in [2.45, 2.75) is 6.54 Å². The second-order valence-electron chi connectivity index (χ2n) is 3.52. The Balaban J connectivity index is 2.05. The van der Waals surface area contributed by atoms with Crippen molar-refractivity contribution in [2.75, 3.05) is 7.05 Å². The lowest BCUT2D eigenvalue weighted by molar-refractivity contribution is 0.0780. The Morgan fingerprint density at radius 2 is 2.44 bits per heavy atom. The zero-order valence-corrected chi connectivity index (χ0v) is 10.3. The third kappa shape index (κ3) is 2.36. The molecule has 0 aliphatic carbocycles. The highest BCUT2D eigenvalue weighted by Crippen LogP contribution is 2.13. The van der Waals surface area contributed by atoms with Gasteiger partial charge in [-0.2, -0.15) is 0 Å². The quantitative estimate of drug-likeness (QED) is 0.941. The van der Waals surface area contributed by atoms with Crippen LogP contribution in [0.5, 0.6) is 0 Å². The molecule has 0 saturated heterocycles. The number of aromatic amines is 1. The molecule has 2 aromatic rings. The van der Waals surface area contributed by atoms with Gasteiger partial charge in [0.05, 0.1) is 12.5 Å². The van der Waals surface area contributed by atoms with Crippen LogP contribution in [0, 0.1) is 0 Å². The first kappa shape index (κ1) is 11.0. The topological polar surface area (TPSA) is 49.2 Å². The molecule has 4 nitrogen and oxygen atoms in total. The Morgan fingerprint density at radius 1 is 1.62 bits per heavy atom. The van der Waals surface area contributed by atoms with Gasteiger partial charge in [0.2, 0.25) is 0 Å². The van der Waals surface area contributed by atoms with E-state index in [2.05, 4.69) is 20.9 Å². The van der Waals surface area contributed by atoms with E-state index in [0.717, 1.165) is 10.0 Å². The number of carbonyl (C=O) groups excluding carboxylic acids is 1. The number of nitrogens with zero attached hydrogens (tertiary/aromatic N) is 1. The van der Waals surface area contributed by atoms with Crippen LogP contribution >= 0.6 is 15.9 Å². The van der Waals surface area contributed by atoms with E-state index < -0.39 is 0 Å². The summed E-state index contributed by atoms with van der Waals surface area (Å²) in [6.45, 7) is 0.534. The summed E-state index contributed by atoms with van der Waals surface area (Å²) in [6.07, 6.45) is 4.96. The van der Waals surface area contributed by atoms with Crippen LogP contribution in [0.1, 0.15) is 16.1 Å². The average Bonchev–Trinajstić information content (AvgIpc) is 2.88. The van der Waals surface area contributed by atoms with Gasteiger partial charge in [0.25, 0.3) is 5.91 Å². The van der Waals surface area contributed by atoms with Crippen molar-refractivity contribution in [3.8, 4) is 0 Å². The number of furan rings is 1. The summed E-state index contributed by atoms with van der Waals surface area (Å²) in [6, 6.07) is 3.60. The van der Waals surface area contributed by atoms with Crippen LogP contribution in [0.4, 0.5) is 0 Å². The highest BCUT2D eigenvalue weighted by molar-refractivity contribution is 9.10. The standard InChI is InChI=1S/C11H11BrN2O2/c1-14(6-8-2-3-16-7-8)11(15)10-4-9(12)5-13-10/h2-5,7,13H,6H2,1H3. The molecule has 2 aromatic heterocycles. The number of amides is 1. The number of nitrogens with one attached hydrogen (secondary N) is 1. The monoisotopic (exact) mass is 282 g/mol. The summed E-state index contributed by atoms with van der Waals surface area (Å²) in [5.41, 5.74) is 1.54. The fourth-order valence-corrected chi connectivity index (χ4v) is 1.77. The van der Waals surface area contributed by atoms with Gasteiger partial charge in [0, 0.05) is 29.8 Å². The zero-order valence-electron chi connectivity index (χ0n) is 8.74. The highest BCUT2D eigenvalue weighted by atomic mass is 79.9. The van der Waals surface area contributed by atoms with Crippen LogP contribution in [0.25, 0.3) is 0 Å². The van der Waals surface area contributed by atoms with Gasteiger partial charge in [-0.05, 0) is 28.1 Å². The number of halogens is 1. The second-order valence-corrected chi connectivity index (χ2v) is 4.44. The van der Waals surface area contributed by atoms with Crippen LogP contribution in [0.3, 0.4) is 0 Å². The van der Waals surface area contributed by atoms with E-state index in [9.17, 15) is 4.79 Å². The largest absolute Gasteiger partial charge is 0.472 e. The van der Waals surface area contributed by atoms with Crippen LogP contribution in [-0.4, -0.2) is 22.8 Å². The molecule has 0 unspecified atom stereocenters. The van der Waals surface area contributed by atoms with Crippen LogP contribution < -0.4 is 0 Å². The molecule has 0 fully saturated rings. The summed E-state index contributed by atoms with van der Waals surface area (Å²) in [4.78, 5) is 16.5. The fraction of sp³-hybridized carbons (Fsp3) is 0.182. The minimum absolute atomic E-state index is 0.0492. The van der Waals surface area contributed by atoms with Crippen molar-refractivity contribution >= 4 is 21.8 Å². The molecule has 2 rings (SSSR count). The van der Waals surface area contributed by atoms with Gasteiger partial charge < -0.3 is 14.3 Å². The molecule has 1 amide bonds. The van der Waals surface area contributed by atoms with Crippen molar-refractivity contribution in [3.63, 3.8) is 0 Å². The van der Waals surface area contributed by atoms with Crippen molar-refractivity contribution < 1.29 is 9.21 Å². The number of rotatable bonds is 3. The first-order chi connectivity index (χ1) is 7.66. The zero-order chi connectivity index (χ0) is 11.5. The highest BCUT2D eigenvalue weighted by Gasteiger charge is 2.13.